The average molecular weight is 338 g/mol. The molecule has 0 aromatic rings. The molecule has 20 heavy (non-hydrogen) atoms. The molecule has 0 rings (SSSR count). The summed E-state index contributed by atoms with van der Waals surface area (Å²) in [6.45, 7) is -3.54. The van der Waals surface area contributed by atoms with Crippen LogP contribution in [0.5, 0.6) is 0 Å². The molecule has 0 unspecified atom stereocenters. The van der Waals surface area contributed by atoms with E-state index in [2.05, 4.69) is 14.0 Å². The fraction of sp³-hybridized carbons (Fsp3) is 0.833. The number of methoxy groups -OCH3 is 1. The number of hydrogen-bond acceptors (Lipinski definition) is 5. The number of hydrogen-bond donors (Lipinski definition) is 2. The van der Waals surface area contributed by atoms with Crippen molar-refractivity contribution >= 4 is 14.0 Å². The van der Waals surface area contributed by atoms with Crippen molar-refractivity contribution in [1.82, 2.24) is 0 Å². The van der Waals surface area contributed by atoms with Gasteiger partial charge in [-0.1, -0.05) is 0 Å². The summed E-state index contributed by atoms with van der Waals surface area (Å²) in [4.78, 5) is 25.5. The molecule has 14 heteroatoms. The first-order valence-electron chi connectivity index (χ1n) is 4.20. The molecular weight excluding hydrogens is 329 g/mol. The number of halogens is 6. The molecular formula is C6H9F6O7P. The zero-order valence-corrected chi connectivity index (χ0v) is 10.5. The highest BCUT2D eigenvalue weighted by atomic mass is 31.2. The summed E-state index contributed by atoms with van der Waals surface area (Å²) in [7, 11) is -4.05. The maximum atomic E-state index is 11.2. The standard InChI is InChI=1S/C4H5F3O3.C2H4F3O4P/c1-9-3(8)10-2-4(5,6)7;3-2(4,5)1-9-10(6,7)8/h2H2,1H3;1H2,(H2,6,7,8). The molecule has 0 aromatic carbocycles. The molecule has 0 atom stereocenters. The summed E-state index contributed by atoms with van der Waals surface area (Å²) in [5.41, 5.74) is 0. The van der Waals surface area contributed by atoms with Gasteiger partial charge in [-0.2, -0.15) is 26.3 Å². The highest BCUT2D eigenvalue weighted by Gasteiger charge is 2.31. The molecule has 0 aromatic heterocycles. The van der Waals surface area contributed by atoms with E-state index in [1.165, 1.54) is 0 Å². The Hall–Kier alpha value is -1.04. The lowest BCUT2D eigenvalue weighted by Gasteiger charge is -2.07. The smallest absolute Gasteiger partial charge is 0.438 e. The monoisotopic (exact) mass is 338 g/mol. The summed E-state index contributed by atoms with van der Waals surface area (Å²) in [6, 6.07) is 0. The van der Waals surface area contributed by atoms with Crippen molar-refractivity contribution in [3.8, 4) is 0 Å². The Morgan fingerprint density at radius 3 is 1.65 bits per heavy atom. The van der Waals surface area contributed by atoms with E-state index in [0.29, 0.717) is 0 Å². The first kappa shape index (κ1) is 21.3. The predicted molar refractivity (Wildman–Crippen MR) is 48.5 cm³/mol. The number of ether oxygens (including phenoxy) is 2. The minimum Gasteiger partial charge on any atom is -0.438 e. The van der Waals surface area contributed by atoms with Crippen LogP contribution in [0.3, 0.4) is 0 Å². The maximum absolute atomic E-state index is 11.2. The number of carbonyl (C=O) groups excluding carboxylic acids is 1. The van der Waals surface area contributed by atoms with Crippen LogP contribution in [-0.4, -0.2) is 48.6 Å². The van der Waals surface area contributed by atoms with Crippen molar-refractivity contribution in [3.63, 3.8) is 0 Å². The van der Waals surface area contributed by atoms with Gasteiger partial charge in [0.05, 0.1) is 7.11 Å². The van der Waals surface area contributed by atoms with E-state index in [-0.39, 0.29) is 0 Å². The summed E-state index contributed by atoms with van der Waals surface area (Å²) >= 11 is 0. The Labute approximate surface area is 107 Å². The normalized spacial score (nSPS) is 12.2. The number of phosphoric acid groups is 1. The van der Waals surface area contributed by atoms with Crippen molar-refractivity contribution in [1.29, 1.82) is 0 Å². The van der Waals surface area contributed by atoms with Crippen LogP contribution in [0, 0.1) is 0 Å². The van der Waals surface area contributed by atoms with Crippen LogP contribution in [0.4, 0.5) is 31.1 Å². The van der Waals surface area contributed by atoms with Gasteiger partial charge in [-0.25, -0.2) is 9.36 Å². The lowest BCUT2D eigenvalue weighted by atomic mass is 10.7. The van der Waals surface area contributed by atoms with E-state index in [1.54, 1.807) is 0 Å². The van der Waals surface area contributed by atoms with Crippen molar-refractivity contribution in [2.75, 3.05) is 20.3 Å². The van der Waals surface area contributed by atoms with Gasteiger partial charge in [0.1, 0.15) is 0 Å². The van der Waals surface area contributed by atoms with Gasteiger partial charge in [0.2, 0.25) is 0 Å². The molecule has 0 saturated heterocycles. The SMILES string of the molecule is COC(=O)OCC(F)(F)F.O=P(O)(O)OCC(F)(F)F. The fourth-order valence-electron chi connectivity index (χ4n) is 0.357. The van der Waals surface area contributed by atoms with E-state index >= 15 is 0 Å². The second-order valence-corrected chi connectivity index (χ2v) is 3.98. The molecule has 122 valence electrons. The quantitative estimate of drug-likeness (QED) is 0.461. The van der Waals surface area contributed by atoms with E-state index < -0.39 is 39.5 Å². The third-order valence-corrected chi connectivity index (χ3v) is 1.38. The van der Waals surface area contributed by atoms with Crippen LogP contribution in [0.25, 0.3) is 0 Å². The largest absolute Gasteiger partial charge is 0.508 e. The van der Waals surface area contributed by atoms with E-state index in [9.17, 15) is 35.7 Å². The minimum atomic E-state index is -4.98. The molecule has 0 amide bonds. The van der Waals surface area contributed by atoms with Crippen molar-refractivity contribution in [2.24, 2.45) is 0 Å². The van der Waals surface area contributed by atoms with Crippen LogP contribution in [0.2, 0.25) is 0 Å². The van der Waals surface area contributed by atoms with Gasteiger partial charge in [0.15, 0.2) is 13.2 Å². The summed E-state index contributed by atoms with van der Waals surface area (Å²) in [5.74, 6) is 0. The van der Waals surface area contributed by atoms with Crippen LogP contribution < -0.4 is 0 Å². The number of alkyl halides is 6. The first-order valence-corrected chi connectivity index (χ1v) is 5.73. The highest BCUT2D eigenvalue weighted by molar-refractivity contribution is 7.46. The van der Waals surface area contributed by atoms with E-state index in [4.69, 9.17) is 9.79 Å². The molecule has 0 spiro atoms. The molecule has 0 aliphatic rings. The van der Waals surface area contributed by atoms with Crippen molar-refractivity contribution < 1.29 is 59.5 Å². The lowest BCUT2D eigenvalue weighted by Crippen LogP contribution is -2.20. The molecule has 0 aliphatic heterocycles. The zero-order valence-electron chi connectivity index (χ0n) is 9.56. The van der Waals surface area contributed by atoms with Gasteiger partial charge in [-0.05, 0) is 0 Å². The Morgan fingerprint density at radius 1 is 1.05 bits per heavy atom. The minimum absolute atomic E-state index is 0.929. The predicted octanol–water partition coefficient (Wildman–Crippen LogP) is 1.99. The van der Waals surface area contributed by atoms with Gasteiger partial charge in [-0.15, -0.1) is 0 Å². The van der Waals surface area contributed by atoms with Crippen molar-refractivity contribution in [3.05, 3.63) is 0 Å². The maximum Gasteiger partial charge on any atom is 0.508 e. The summed E-state index contributed by atoms with van der Waals surface area (Å²) in [5, 5.41) is 0. The molecule has 0 fully saturated rings. The van der Waals surface area contributed by atoms with E-state index in [0.717, 1.165) is 7.11 Å². The highest BCUT2D eigenvalue weighted by Crippen LogP contribution is 2.37. The van der Waals surface area contributed by atoms with E-state index in [1.807, 2.05) is 0 Å². The van der Waals surface area contributed by atoms with Crippen molar-refractivity contribution in [2.45, 2.75) is 12.4 Å². The second-order valence-electron chi connectivity index (χ2n) is 2.74. The van der Waals surface area contributed by atoms with Gasteiger partial charge < -0.3 is 19.3 Å². The number of phosphoric ester groups is 1. The van der Waals surface area contributed by atoms with Gasteiger partial charge in [0.25, 0.3) is 0 Å². The summed E-state index contributed by atoms with van der Waals surface area (Å²) in [6.07, 6.45) is -10.5. The topological polar surface area (TPSA) is 102 Å². The summed E-state index contributed by atoms with van der Waals surface area (Å²) < 4.78 is 87.2. The second kappa shape index (κ2) is 8.29. The third-order valence-electron chi connectivity index (χ3n) is 0.917. The first-order chi connectivity index (χ1) is 8.66. The molecule has 0 bridgehead atoms. The fourth-order valence-corrected chi connectivity index (χ4v) is 0.672. The lowest BCUT2D eigenvalue weighted by molar-refractivity contribution is -0.164. The Bertz CT molecular complexity index is 334. The van der Waals surface area contributed by atoms with Gasteiger partial charge >= 0.3 is 26.3 Å². The molecule has 2 N–H and O–H groups in total. The molecule has 0 aliphatic carbocycles. The Kier molecular flexibility index (Phi) is 8.82. The molecule has 0 radical (unpaired) electrons. The molecule has 0 heterocycles. The molecule has 0 saturated carbocycles. The third kappa shape index (κ3) is 22.2. The Morgan fingerprint density at radius 2 is 1.45 bits per heavy atom. The molecule has 7 nitrogen and oxygen atoms in total. The van der Waals surface area contributed by atoms with Crippen LogP contribution in [0.15, 0.2) is 0 Å². The zero-order chi connectivity index (χ0) is 16.6. The van der Waals surface area contributed by atoms with Gasteiger partial charge in [0, 0.05) is 0 Å². The van der Waals surface area contributed by atoms with Crippen LogP contribution in [-0.2, 0) is 18.6 Å². The Balaban J connectivity index is 0. The average Bonchev–Trinajstić information content (AvgIpc) is 2.21. The number of rotatable bonds is 3. The van der Waals surface area contributed by atoms with Crippen LogP contribution >= 0.6 is 7.82 Å². The number of carbonyl (C=O) groups is 1. The van der Waals surface area contributed by atoms with Crippen LogP contribution in [0.1, 0.15) is 0 Å². The van der Waals surface area contributed by atoms with Gasteiger partial charge in [-0.3, -0.25) is 4.52 Å².